The second-order valence-electron chi connectivity index (χ2n) is 4.17. The zero-order valence-electron chi connectivity index (χ0n) is 9.93. The third-order valence-electron chi connectivity index (χ3n) is 3.11. The molecule has 0 saturated carbocycles. The van der Waals surface area contributed by atoms with Gasteiger partial charge in [-0.1, -0.05) is 6.07 Å². The highest BCUT2D eigenvalue weighted by molar-refractivity contribution is 9.10. The van der Waals surface area contributed by atoms with Gasteiger partial charge in [-0.25, -0.2) is 0 Å². The number of rotatable bonds is 2. The summed E-state index contributed by atoms with van der Waals surface area (Å²) in [5.74, 6) is 0. The summed E-state index contributed by atoms with van der Waals surface area (Å²) in [5.41, 5.74) is 1.66. The Labute approximate surface area is 115 Å². The summed E-state index contributed by atoms with van der Waals surface area (Å²) < 4.78 is 0.835. The molecule has 0 N–H and O–H groups in total. The maximum atomic E-state index is 9.21. The largest absolute Gasteiger partial charge is 0.368 e. The van der Waals surface area contributed by atoms with Gasteiger partial charge < -0.3 is 4.90 Å². The SMILES string of the molecule is N#CCN1CCN(c2cccc(Br)c2C#N)CC1. The van der Waals surface area contributed by atoms with E-state index in [0.29, 0.717) is 12.1 Å². The lowest BCUT2D eigenvalue weighted by molar-refractivity contribution is 0.287. The molecule has 0 atom stereocenters. The van der Waals surface area contributed by atoms with Crippen molar-refractivity contribution in [3.05, 3.63) is 28.2 Å². The summed E-state index contributed by atoms with van der Waals surface area (Å²) in [6, 6.07) is 10.2. The van der Waals surface area contributed by atoms with Crippen LogP contribution in [0.1, 0.15) is 5.56 Å². The second-order valence-corrected chi connectivity index (χ2v) is 5.02. The molecule has 1 heterocycles. The summed E-state index contributed by atoms with van der Waals surface area (Å²) in [6.07, 6.45) is 0. The van der Waals surface area contributed by atoms with Crippen LogP contribution in [0.3, 0.4) is 0 Å². The molecular weight excluding hydrogens is 292 g/mol. The number of anilines is 1. The molecule has 1 fully saturated rings. The Morgan fingerprint density at radius 3 is 2.50 bits per heavy atom. The maximum absolute atomic E-state index is 9.21. The predicted molar refractivity (Wildman–Crippen MR) is 73.1 cm³/mol. The summed E-state index contributed by atoms with van der Waals surface area (Å²) >= 11 is 3.41. The Kier molecular flexibility index (Phi) is 4.19. The smallest absolute Gasteiger partial charge is 0.103 e. The molecular formula is C13H13BrN4. The van der Waals surface area contributed by atoms with Gasteiger partial charge in [-0.2, -0.15) is 10.5 Å². The maximum Gasteiger partial charge on any atom is 0.103 e. The van der Waals surface area contributed by atoms with E-state index in [0.717, 1.165) is 36.3 Å². The van der Waals surface area contributed by atoms with Gasteiger partial charge in [0.1, 0.15) is 6.07 Å². The molecule has 0 unspecified atom stereocenters. The van der Waals surface area contributed by atoms with E-state index in [1.165, 1.54) is 0 Å². The molecule has 1 aromatic carbocycles. The van der Waals surface area contributed by atoms with Crippen molar-refractivity contribution in [1.82, 2.24) is 4.90 Å². The number of halogens is 1. The molecule has 0 aliphatic carbocycles. The monoisotopic (exact) mass is 304 g/mol. The third kappa shape index (κ3) is 2.64. The van der Waals surface area contributed by atoms with E-state index >= 15 is 0 Å². The van der Waals surface area contributed by atoms with Crippen molar-refractivity contribution in [1.29, 1.82) is 10.5 Å². The van der Waals surface area contributed by atoms with E-state index < -0.39 is 0 Å². The van der Waals surface area contributed by atoms with Gasteiger partial charge in [0.2, 0.25) is 0 Å². The second kappa shape index (κ2) is 5.86. The number of nitrogens with zero attached hydrogens (tertiary/aromatic N) is 4. The molecule has 1 aliphatic rings. The highest BCUT2D eigenvalue weighted by Crippen LogP contribution is 2.27. The Morgan fingerprint density at radius 1 is 1.17 bits per heavy atom. The molecule has 0 amide bonds. The molecule has 4 nitrogen and oxygen atoms in total. The zero-order valence-corrected chi connectivity index (χ0v) is 11.5. The normalized spacial score (nSPS) is 16.1. The summed E-state index contributed by atoms with van der Waals surface area (Å²) in [5, 5.41) is 17.9. The van der Waals surface area contributed by atoms with Crippen molar-refractivity contribution in [3.63, 3.8) is 0 Å². The van der Waals surface area contributed by atoms with Gasteiger partial charge >= 0.3 is 0 Å². The molecule has 0 aromatic heterocycles. The van der Waals surface area contributed by atoms with Crippen molar-refractivity contribution in [2.45, 2.75) is 0 Å². The first-order valence-corrected chi connectivity index (χ1v) is 6.58. The first-order chi connectivity index (χ1) is 8.76. The molecule has 1 aromatic rings. The molecule has 0 radical (unpaired) electrons. The number of nitriles is 2. The van der Waals surface area contributed by atoms with Gasteiger partial charge in [-0.05, 0) is 28.1 Å². The van der Waals surface area contributed by atoms with Gasteiger partial charge in [-0.3, -0.25) is 4.90 Å². The highest BCUT2D eigenvalue weighted by Gasteiger charge is 2.19. The third-order valence-corrected chi connectivity index (χ3v) is 3.77. The summed E-state index contributed by atoms with van der Waals surface area (Å²) in [6.45, 7) is 3.92. The van der Waals surface area contributed by atoms with Gasteiger partial charge in [-0.15, -0.1) is 0 Å². The van der Waals surface area contributed by atoms with E-state index in [4.69, 9.17) is 5.26 Å². The number of hydrogen-bond acceptors (Lipinski definition) is 4. The van der Waals surface area contributed by atoms with Gasteiger partial charge in [0, 0.05) is 30.7 Å². The van der Waals surface area contributed by atoms with E-state index in [2.05, 4.69) is 37.9 Å². The molecule has 0 bridgehead atoms. The number of benzene rings is 1. The number of piperazine rings is 1. The van der Waals surface area contributed by atoms with Gasteiger partial charge in [0.25, 0.3) is 0 Å². The van der Waals surface area contributed by atoms with Gasteiger partial charge in [0.15, 0.2) is 0 Å². The highest BCUT2D eigenvalue weighted by atomic mass is 79.9. The van der Waals surface area contributed by atoms with Crippen molar-refractivity contribution in [2.75, 3.05) is 37.6 Å². The minimum atomic E-state index is 0.484. The van der Waals surface area contributed by atoms with E-state index in [9.17, 15) is 5.26 Å². The Morgan fingerprint density at radius 2 is 1.89 bits per heavy atom. The lowest BCUT2D eigenvalue weighted by atomic mass is 10.1. The average molecular weight is 305 g/mol. The van der Waals surface area contributed by atoms with Crippen LogP contribution in [-0.4, -0.2) is 37.6 Å². The van der Waals surface area contributed by atoms with Crippen LogP contribution < -0.4 is 4.90 Å². The first-order valence-electron chi connectivity index (χ1n) is 5.79. The lowest BCUT2D eigenvalue weighted by Crippen LogP contribution is -2.46. The molecule has 1 aliphatic heterocycles. The molecule has 0 spiro atoms. The molecule has 92 valence electrons. The van der Waals surface area contributed by atoms with E-state index in [1.54, 1.807) is 0 Å². The van der Waals surface area contributed by atoms with Crippen LogP contribution in [0.2, 0.25) is 0 Å². The molecule has 5 heteroatoms. The van der Waals surface area contributed by atoms with Crippen LogP contribution >= 0.6 is 15.9 Å². The van der Waals surface area contributed by atoms with Crippen LogP contribution in [0, 0.1) is 22.7 Å². The number of hydrogen-bond donors (Lipinski definition) is 0. The van der Waals surface area contributed by atoms with E-state index in [-0.39, 0.29) is 0 Å². The Hall–Kier alpha value is -1.56. The van der Waals surface area contributed by atoms with Crippen LogP contribution in [0.4, 0.5) is 5.69 Å². The van der Waals surface area contributed by atoms with Crippen molar-refractivity contribution >= 4 is 21.6 Å². The standard InChI is InChI=1S/C13H13BrN4/c14-12-2-1-3-13(11(12)10-16)18-8-6-17(5-4-15)7-9-18/h1-3H,5-9H2. The van der Waals surface area contributed by atoms with Crippen LogP contribution in [0.15, 0.2) is 22.7 Å². The average Bonchev–Trinajstić information content (AvgIpc) is 2.40. The lowest BCUT2D eigenvalue weighted by Gasteiger charge is -2.35. The quantitative estimate of drug-likeness (QED) is 0.784. The van der Waals surface area contributed by atoms with Crippen molar-refractivity contribution in [3.8, 4) is 12.1 Å². The summed E-state index contributed by atoms with van der Waals surface area (Å²) in [4.78, 5) is 4.33. The van der Waals surface area contributed by atoms with Crippen molar-refractivity contribution in [2.24, 2.45) is 0 Å². The van der Waals surface area contributed by atoms with Crippen LogP contribution in [0.25, 0.3) is 0 Å². The summed E-state index contributed by atoms with van der Waals surface area (Å²) in [7, 11) is 0. The molecule has 2 rings (SSSR count). The fourth-order valence-electron chi connectivity index (χ4n) is 2.13. The molecule has 18 heavy (non-hydrogen) atoms. The topological polar surface area (TPSA) is 54.1 Å². The van der Waals surface area contributed by atoms with E-state index in [1.807, 2.05) is 18.2 Å². The van der Waals surface area contributed by atoms with Gasteiger partial charge in [0.05, 0.1) is 23.9 Å². The minimum absolute atomic E-state index is 0.484. The van der Waals surface area contributed by atoms with Crippen LogP contribution in [-0.2, 0) is 0 Å². The molecule has 1 saturated heterocycles. The predicted octanol–water partition coefficient (Wildman–Crippen LogP) is 1.97. The first kappa shape index (κ1) is 12.9. The van der Waals surface area contributed by atoms with Crippen molar-refractivity contribution < 1.29 is 0 Å². The zero-order chi connectivity index (χ0) is 13.0. The fourth-order valence-corrected chi connectivity index (χ4v) is 2.58. The Balaban J connectivity index is 2.13. The fraction of sp³-hybridized carbons (Fsp3) is 0.385. The minimum Gasteiger partial charge on any atom is -0.368 e. The van der Waals surface area contributed by atoms with Crippen LogP contribution in [0.5, 0.6) is 0 Å². The Bertz CT molecular complexity index is 507.